The first kappa shape index (κ1) is 23.9. The van der Waals surface area contributed by atoms with Gasteiger partial charge in [-0.05, 0) is 62.8 Å². The van der Waals surface area contributed by atoms with E-state index in [0.717, 1.165) is 55.1 Å². The first-order valence-corrected chi connectivity index (χ1v) is 14.4. The summed E-state index contributed by atoms with van der Waals surface area (Å²) in [5.74, 6) is 2.80. The third-order valence-corrected chi connectivity index (χ3v) is 8.35. The van der Waals surface area contributed by atoms with Crippen molar-refractivity contribution in [3.05, 3.63) is 133 Å². The van der Waals surface area contributed by atoms with Gasteiger partial charge in [0.15, 0.2) is 17.5 Å². The Hall–Kier alpha value is -5.81. The van der Waals surface area contributed by atoms with Crippen LogP contribution in [0, 0.1) is 0 Å². The number of rotatable bonds is 3. The molecule has 9 rings (SSSR count). The van der Waals surface area contributed by atoms with Crippen LogP contribution in [0.4, 0.5) is 0 Å². The van der Waals surface area contributed by atoms with Gasteiger partial charge in [0.1, 0.15) is 11.3 Å². The van der Waals surface area contributed by atoms with E-state index in [2.05, 4.69) is 115 Å². The standard InChI is InChI=1S/C38H24N4O/c1-2-9-24-20-26(17-16-23(24)8-1)36-40-37(31-14-7-15-33-35(31)30-18-19-39-22-34(30)43-33)42-38(41-36)32-21-25-10-3-4-11-27(25)28-12-5-6-13-29(28)32/h1-21,39H,22H2. The molecule has 0 aliphatic carbocycles. The van der Waals surface area contributed by atoms with Crippen molar-refractivity contribution in [1.82, 2.24) is 20.3 Å². The fraction of sp³-hybridized carbons (Fsp3) is 0.0263. The molecule has 2 aromatic heterocycles. The van der Waals surface area contributed by atoms with Crippen molar-refractivity contribution >= 4 is 49.4 Å². The van der Waals surface area contributed by atoms with Gasteiger partial charge in [0.2, 0.25) is 0 Å². The first-order valence-electron chi connectivity index (χ1n) is 14.4. The topological polar surface area (TPSA) is 63.8 Å². The molecule has 0 spiro atoms. The maximum atomic E-state index is 6.25. The molecule has 0 saturated heterocycles. The monoisotopic (exact) mass is 552 g/mol. The largest absolute Gasteiger partial charge is 0.459 e. The van der Waals surface area contributed by atoms with Crippen molar-refractivity contribution in [3.63, 3.8) is 0 Å². The molecule has 1 aliphatic rings. The molecule has 43 heavy (non-hydrogen) atoms. The highest BCUT2D eigenvalue weighted by molar-refractivity contribution is 6.13. The van der Waals surface area contributed by atoms with Gasteiger partial charge >= 0.3 is 0 Å². The van der Waals surface area contributed by atoms with E-state index in [1.54, 1.807) is 0 Å². The average molecular weight is 553 g/mol. The highest BCUT2D eigenvalue weighted by atomic mass is 16.3. The number of benzene rings is 6. The number of fused-ring (bicyclic) bond motifs is 7. The van der Waals surface area contributed by atoms with E-state index in [1.165, 1.54) is 16.2 Å². The Morgan fingerprint density at radius 3 is 2.16 bits per heavy atom. The summed E-state index contributed by atoms with van der Waals surface area (Å²) < 4.78 is 6.25. The average Bonchev–Trinajstić information content (AvgIpc) is 3.46. The number of aromatic nitrogens is 3. The molecule has 202 valence electrons. The third-order valence-electron chi connectivity index (χ3n) is 8.35. The lowest BCUT2D eigenvalue weighted by Gasteiger charge is -2.13. The Labute approximate surface area is 247 Å². The van der Waals surface area contributed by atoms with Crippen molar-refractivity contribution in [1.29, 1.82) is 0 Å². The summed E-state index contributed by atoms with van der Waals surface area (Å²) in [5, 5.41) is 11.2. The van der Waals surface area contributed by atoms with Crippen LogP contribution in [-0.2, 0) is 6.54 Å². The number of furan rings is 1. The summed E-state index contributed by atoms with van der Waals surface area (Å²) in [4.78, 5) is 15.5. The number of nitrogens with zero attached hydrogens (tertiary/aromatic N) is 3. The zero-order valence-corrected chi connectivity index (χ0v) is 23.1. The van der Waals surface area contributed by atoms with Crippen LogP contribution in [0.2, 0.25) is 0 Å². The lowest BCUT2D eigenvalue weighted by atomic mass is 9.96. The minimum absolute atomic E-state index is 0.617. The molecule has 0 fully saturated rings. The smallest absolute Gasteiger partial charge is 0.164 e. The molecule has 0 bridgehead atoms. The lowest BCUT2D eigenvalue weighted by Crippen LogP contribution is -2.08. The Morgan fingerprint density at radius 2 is 1.28 bits per heavy atom. The zero-order valence-electron chi connectivity index (χ0n) is 23.1. The summed E-state index contributed by atoms with van der Waals surface area (Å²) in [6.45, 7) is 0.647. The second-order valence-electron chi connectivity index (χ2n) is 10.9. The molecule has 0 radical (unpaired) electrons. The minimum Gasteiger partial charge on any atom is -0.459 e. The number of hydrogen-bond donors (Lipinski definition) is 1. The van der Waals surface area contributed by atoms with Crippen molar-refractivity contribution < 1.29 is 4.42 Å². The molecule has 3 heterocycles. The third kappa shape index (κ3) is 3.82. The molecular formula is C38H24N4O. The first-order chi connectivity index (χ1) is 21.3. The van der Waals surface area contributed by atoms with Crippen LogP contribution in [0.15, 0.2) is 126 Å². The maximum absolute atomic E-state index is 6.25. The van der Waals surface area contributed by atoms with Crippen LogP contribution < -0.4 is 5.32 Å². The van der Waals surface area contributed by atoms with Gasteiger partial charge in [-0.1, -0.05) is 97.1 Å². The van der Waals surface area contributed by atoms with Gasteiger partial charge in [0.05, 0.1) is 6.54 Å². The van der Waals surface area contributed by atoms with Crippen LogP contribution >= 0.6 is 0 Å². The summed E-state index contributed by atoms with van der Waals surface area (Å²) in [7, 11) is 0. The van der Waals surface area contributed by atoms with Crippen LogP contribution in [0.25, 0.3) is 83.5 Å². The quantitative estimate of drug-likeness (QED) is 0.221. The van der Waals surface area contributed by atoms with Crippen LogP contribution in [0.5, 0.6) is 0 Å². The lowest BCUT2D eigenvalue weighted by molar-refractivity contribution is 0.532. The van der Waals surface area contributed by atoms with Gasteiger partial charge in [0, 0.05) is 27.6 Å². The molecule has 5 nitrogen and oxygen atoms in total. The van der Waals surface area contributed by atoms with Gasteiger partial charge < -0.3 is 9.73 Å². The Balaban J connectivity index is 1.36. The second-order valence-corrected chi connectivity index (χ2v) is 10.9. The van der Waals surface area contributed by atoms with E-state index in [0.29, 0.717) is 24.0 Å². The van der Waals surface area contributed by atoms with Crippen LogP contribution in [0.1, 0.15) is 11.3 Å². The Kier molecular flexibility index (Phi) is 5.19. The van der Waals surface area contributed by atoms with Gasteiger partial charge in [-0.15, -0.1) is 0 Å². The molecule has 1 N–H and O–H groups in total. The fourth-order valence-electron chi connectivity index (χ4n) is 6.32. The molecule has 6 aromatic carbocycles. The maximum Gasteiger partial charge on any atom is 0.164 e. The predicted octanol–water partition coefficient (Wildman–Crippen LogP) is 9.15. The highest BCUT2D eigenvalue weighted by Gasteiger charge is 2.21. The molecule has 0 atom stereocenters. The normalized spacial score (nSPS) is 12.7. The molecule has 8 aromatic rings. The fourth-order valence-corrected chi connectivity index (χ4v) is 6.32. The summed E-state index contributed by atoms with van der Waals surface area (Å²) in [6, 6.07) is 40.0. The van der Waals surface area contributed by atoms with E-state index >= 15 is 0 Å². The van der Waals surface area contributed by atoms with E-state index in [-0.39, 0.29) is 0 Å². The second kappa shape index (κ2) is 9.36. The SMILES string of the molecule is C1=Cc2c(oc3cccc(-c4nc(-c5ccc6ccccc6c5)nc(-c5cc6ccccc6c6ccccc56)n4)c23)CN1. The van der Waals surface area contributed by atoms with E-state index < -0.39 is 0 Å². The molecule has 1 aliphatic heterocycles. The Bertz CT molecular complexity index is 2420. The molecule has 5 heteroatoms. The van der Waals surface area contributed by atoms with Crippen LogP contribution in [-0.4, -0.2) is 15.0 Å². The van der Waals surface area contributed by atoms with Gasteiger partial charge in [-0.3, -0.25) is 0 Å². The molecule has 0 amide bonds. The number of nitrogens with one attached hydrogen (secondary N) is 1. The summed E-state index contributed by atoms with van der Waals surface area (Å²) in [6.07, 6.45) is 4.03. The van der Waals surface area contributed by atoms with Crippen molar-refractivity contribution in [2.24, 2.45) is 0 Å². The molecule has 0 unspecified atom stereocenters. The van der Waals surface area contributed by atoms with Crippen molar-refractivity contribution in [2.75, 3.05) is 0 Å². The predicted molar refractivity (Wildman–Crippen MR) is 174 cm³/mol. The van der Waals surface area contributed by atoms with Crippen molar-refractivity contribution in [3.8, 4) is 34.2 Å². The van der Waals surface area contributed by atoms with E-state index in [4.69, 9.17) is 19.4 Å². The summed E-state index contributed by atoms with van der Waals surface area (Å²) >= 11 is 0. The number of hydrogen-bond acceptors (Lipinski definition) is 5. The zero-order chi connectivity index (χ0) is 28.3. The van der Waals surface area contributed by atoms with Gasteiger partial charge in [0.25, 0.3) is 0 Å². The molecular weight excluding hydrogens is 528 g/mol. The Morgan fingerprint density at radius 1 is 0.558 bits per heavy atom. The van der Waals surface area contributed by atoms with E-state index in [9.17, 15) is 0 Å². The molecule has 0 saturated carbocycles. The van der Waals surface area contributed by atoms with Gasteiger partial charge in [-0.25, -0.2) is 15.0 Å². The minimum atomic E-state index is 0.617. The van der Waals surface area contributed by atoms with Crippen LogP contribution in [0.3, 0.4) is 0 Å². The summed E-state index contributed by atoms with van der Waals surface area (Å²) in [5.41, 5.74) is 4.73. The van der Waals surface area contributed by atoms with Gasteiger partial charge in [-0.2, -0.15) is 0 Å². The van der Waals surface area contributed by atoms with E-state index in [1.807, 2.05) is 18.3 Å². The highest BCUT2D eigenvalue weighted by Crippen LogP contribution is 2.38. The van der Waals surface area contributed by atoms with Crippen molar-refractivity contribution in [2.45, 2.75) is 6.54 Å².